The zero-order valence-corrected chi connectivity index (χ0v) is 18.9. The lowest BCUT2D eigenvalue weighted by atomic mass is 10.0. The molecule has 2 heterocycles. The molecular weight excluding hydrogens is 446 g/mol. The maximum absolute atomic E-state index is 13.9. The molecule has 6 rings (SSSR count). The second-order valence-electron chi connectivity index (χ2n) is 8.44. The lowest BCUT2D eigenvalue weighted by Gasteiger charge is -2.26. The van der Waals surface area contributed by atoms with Crippen molar-refractivity contribution >= 4 is 32.9 Å². The number of ketones is 1. The van der Waals surface area contributed by atoms with Crippen LogP contribution in [0, 0.1) is 0 Å². The zero-order valence-electron chi connectivity index (χ0n) is 18.1. The first-order valence-corrected chi connectivity index (χ1v) is 12.5. The Morgan fingerprint density at radius 3 is 1.91 bits per heavy atom. The van der Waals surface area contributed by atoms with Crippen LogP contribution in [0.3, 0.4) is 0 Å². The minimum absolute atomic E-state index is 0.0254. The second kappa shape index (κ2) is 7.50. The third-order valence-electron chi connectivity index (χ3n) is 6.52. The minimum Gasteiger partial charge on any atom is -0.289 e. The summed E-state index contributed by atoms with van der Waals surface area (Å²) in [7, 11) is -3.94. The van der Waals surface area contributed by atoms with Gasteiger partial charge < -0.3 is 0 Å². The van der Waals surface area contributed by atoms with Gasteiger partial charge in [0, 0.05) is 16.7 Å². The van der Waals surface area contributed by atoms with Gasteiger partial charge in [-0.25, -0.2) is 8.42 Å². The highest BCUT2D eigenvalue weighted by molar-refractivity contribution is 7.91. The van der Waals surface area contributed by atoms with Crippen molar-refractivity contribution in [3.05, 3.63) is 119 Å². The van der Waals surface area contributed by atoms with Crippen molar-refractivity contribution in [3.8, 4) is 0 Å². The van der Waals surface area contributed by atoms with E-state index in [4.69, 9.17) is 0 Å². The van der Waals surface area contributed by atoms with Crippen molar-refractivity contribution in [3.63, 3.8) is 0 Å². The summed E-state index contributed by atoms with van der Waals surface area (Å²) in [5, 5.41) is 0. The monoisotopic (exact) mass is 465 g/mol. The molecule has 0 saturated carbocycles. The molecule has 34 heavy (non-hydrogen) atoms. The van der Waals surface area contributed by atoms with Gasteiger partial charge in [-0.2, -0.15) is 0 Å². The smallest absolute Gasteiger partial charge is 0.262 e. The number of hydrogen-bond donors (Lipinski definition) is 0. The van der Waals surface area contributed by atoms with Crippen LogP contribution in [0.25, 0.3) is 0 Å². The average Bonchev–Trinajstić information content (AvgIpc) is 3.04. The summed E-state index contributed by atoms with van der Waals surface area (Å²) in [5.41, 5.74) is 4.10. The molecule has 2 aliphatic heterocycles. The highest BCUT2D eigenvalue weighted by Crippen LogP contribution is 2.39. The number of aryl methyl sites for hydroxylation is 2. The van der Waals surface area contributed by atoms with Crippen LogP contribution >= 0.6 is 0 Å². The summed E-state index contributed by atoms with van der Waals surface area (Å²) < 4.78 is 26.7. The molecular formula is C28H19NO4S. The molecule has 5 nitrogen and oxygen atoms in total. The van der Waals surface area contributed by atoms with Gasteiger partial charge in [-0.1, -0.05) is 48.5 Å². The molecule has 0 fully saturated rings. The number of carbonyl (C=O) groups is 2. The summed E-state index contributed by atoms with van der Waals surface area (Å²) in [6.07, 6.45) is 1.58. The number of benzene rings is 4. The van der Waals surface area contributed by atoms with E-state index in [9.17, 15) is 18.0 Å². The van der Waals surface area contributed by atoms with Gasteiger partial charge in [0.25, 0.3) is 5.91 Å². The van der Waals surface area contributed by atoms with Crippen LogP contribution in [0.1, 0.15) is 37.4 Å². The van der Waals surface area contributed by atoms with Crippen molar-refractivity contribution in [2.75, 3.05) is 4.90 Å². The predicted molar refractivity (Wildman–Crippen MR) is 129 cm³/mol. The quantitative estimate of drug-likeness (QED) is 0.344. The number of rotatable bonds is 1. The topological polar surface area (TPSA) is 71.5 Å². The van der Waals surface area contributed by atoms with Crippen LogP contribution in [-0.4, -0.2) is 20.1 Å². The van der Waals surface area contributed by atoms with E-state index in [1.54, 1.807) is 23.1 Å². The second-order valence-corrected chi connectivity index (χ2v) is 10.3. The first-order chi connectivity index (χ1) is 16.5. The Morgan fingerprint density at radius 2 is 1.24 bits per heavy atom. The van der Waals surface area contributed by atoms with E-state index in [1.165, 1.54) is 24.3 Å². The van der Waals surface area contributed by atoms with Crippen LogP contribution in [0.5, 0.6) is 0 Å². The Hall–Kier alpha value is -4.03. The Kier molecular flexibility index (Phi) is 4.54. The largest absolute Gasteiger partial charge is 0.289 e. The van der Waals surface area contributed by atoms with Gasteiger partial charge in [0.1, 0.15) is 0 Å². The van der Waals surface area contributed by atoms with E-state index in [0.717, 1.165) is 35.3 Å². The normalized spacial score (nSPS) is 15.4. The maximum Gasteiger partial charge on any atom is 0.262 e. The Bertz CT molecular complexity index is 1570. The molecule has 0 spiro atoms. The molecule has 0 saturated heterocycles. The third-order valence-corrected chi connectivity index (χ3v) is 8.37. The Labute approximate surface area is 197 Å². The lowest BCUT2D eigenvalue weighted by Crippen LogP contribution is -2.28. The van der Waals surface area contributed by atoms with E-state index in [0.29, 0.717) is 0 Å². The molecule has 1 amide bonds. The molecule has 0 unspecified atom stereocenters. The molecule has 4 aromatic carbocycles. The van der Waals surface area contributed by atoms with Crippen LogP contribution < -0.4 is 4.90 Å². The summed E-state index contributed by atoms with van der Waals surface area (Å²) in [6.45, 7) is 0. The SMILES string of the molecule is O=C1c2ccccc2S(=O)(=O)c2cc(C(=O)N3c4ccccc4CCc4ccccc43)ccc21. The van der Waals surface area contributed by atoms with Crippen molar-refractivity contribution in [2.45, 2.75) is 22.6 Å². The molecule has 2 aliphatic rings. The Balaban J connectivity index is 1.53. The number of para-hydroxylation sites is 2. The van der Waals surface area contributed by atoms with Crippen molar-refractivity contribution in [1.29, 1.82) is 0 Å². The first-order valence-electron chi connectivity index (χ1n) is 11.0. The van der Waals surface area contributed by atoms with Crippen LogP contribution in [0.4, 0.5) is 11.4 Å². The third kappa shape index (κ3) is 2.96. The molecule has 0 N–H and O–H groups in total. The van der Waals surface area contributed by atoms with Gasteiger partial charge in [0.15, 0.2) is 5.78 Å². The van der Waals surface area contributed by atoms with Gasteiger partial charge >= 0.3 is 0 Å². The van der Waals surface area contributed by atoms with Gasteiger partial charge in [-0.05, 0) is 66.4 Å². The molecule has 0 aliphatic carbocycles. The van der Waals surface area contributed by atoms with E-state index >= 15 is 0 Å². The molecule has 0 bridgehead atoms. The zero-order chi connectivity index (χ0) is 23.4. The molecule has 4 aromatic rings. The van der Waals surface area contributed by atoms with E-state index in [1.807, 2.05) is 48.5 Å². The predicted octanol–water partition coefficient (Wildman–Crippen LogP) is 5.14. The maximum atomic E-state index is 13.9. The highest BCUT2D eigenvalue weighted by atomic mass is 32.2. The van der Waals surface area contributed by atoms with E-state index in [-0.39, 0.29) is 38.2 Å². The summed E-state index contributed by atoms with van der Waals surface area (Å²) in [6, 6.07) is 26.0. The number of amides is 1. The van der Waals surface area contributed by atoms with Gasteiger partial charge in [0.05, 0.1) is 21.2 Å². The van der Waals surface area contributed by atoms with Gasteiger partial charge in [-0.3, -0.25) is 14.5 Å². The summed E-state index contributed by atoms with van der Waals surface area (Å²) in [5.74, 6) is -0.698. The molecule has 0 atom stereocenters. The first kappa shape index (κ1) is 20.6. The number of hydrogen-bond acceptors (Lipinski definition) is 4. The van der Waals surface area contributed by atoms with E-state index in [2.05, 4.69) is 0 Å². The van der Waals surface area contributed by atoms with Crippen LogP contribution in [-0.2, 0) is 22.7 Å². The van der Waals surface area contributed by atoms with Gasteiger partial charge in [0.2, 0.25) is 9.84 Å². The fourth-order valence-electron chi connectivity index (χ4n) is 4.85. The number of fused-ring (bicyclic) bond motifs is 4. The van der Waals surface area contributed by atoms with Crippen molar-refractivity contribution in [2.24, 2.45) is 0 Å². The number of sulfone groups is 1. The fraction of sp³-hybridized carbons (Fsp3) is 0.0714. The van der Waals surface area contributed by atoms with Crippen molar-refractivity contribution < 1.29 is 18.0 Å². The van der Waals surface area contributed by atoms with Gasteiger partial charge in [-0.15, -0.1) is 0 Å². The molecule has 0 aromatic heterocycles. The summed E-state index contributed by atoms with van der Waals surface area (Å²) in [4.78, 5) is 28.4. The molecule has 0 radical (unpaired) electrons. The van der Waals surface area contributed by atoms with Crippen LogP contribution in [0.15, 0.2) is 101 Å². The molecule has 6 heteroatoms. The lowest BCUT2D eigenvalue weighted by molar-refractivity contribution is 0.0994. The number of carbonyl (C=O) groups excluding carboxylic acids is 2. The molecule has 166 valence electrons. The Morgan fingerprint density at radius 1 is 0.676 bits per heavy atom. The fourth-order valence-corrected chi connectivity index (χ4v) is 6.52. The number of nitrogens with zero attached hydrogens (tertiary/aromatic N) is 1. The summed E-state index contributed by atoms with van der Waals surface area (Å²) >= 11 is 0. The van der Waals surface area contributed by atoms with Crippen molar-refractivity contribution in [1.82, 2.24) is 0 Å². The van der Waals surface area contributed by atoms with Crippen LogP contribution in [0.2, 0.25) is 0 Å². The standard InChI is InChI=1S/C28H19NO4S/c30-27-21-9-3-6-12-25(21)34(32,33)26-17-20(15-16-22(26)27)28(31)29-23-10-4-1-7-18(23)13-14-19-8-2-5-11-24(19)29/h1-12,15-17H,13-14H2. The minimum atomic E-state index is -3.94. The highest BCUT2D eigenvalue weighted by Gasteiger charge is 2.36. The van der Waals surface area contributed by atoms with E-state index < -0.39 is 9.84 Å². The average molecular weight is 466 g/mol. The number of anilines is 2.